The van der Waals surface area contributed by atoms with E-state index in [1.807, 2.05) is 47.3 Å². The van der Waals surface area contributed by atoms with Crippen LogP contribution in [0.2, 0.25) is 0 Å². The molecule has 0 spiro atoms. The van der Waals surface area contributed by atoms with Gasteiger partial charge < -0.3 is 20.4 Å². The zero-order valence-electron chi connectivity index (χ0n) is 22.0. The van der Waals surface area contributed by atoms with E-state index in [2.05, 4.69) is 0 Å². The van der Waals surface area contributed by atoms with Crippen LogP contribution in [-0.4, -0.2) is 140 Å². The molecule has 1 heterocycles. The van der Waals surface area contributed by atoms with Crippen LogP contribution in [0.4, 0.5) is 0 Å². The molecule has 1 fully saturated rings. The van der Waals surface area contributed by atoms with E-state index >= 15 is 0 Å². The third-order valence-electron chi connectivity index (χ3n) is 7.09. The third-order valence-corrected chi connectivity index (χ3v) is 7.09. The average Bonchev–Trinajstić information content (AvgIpc) is 2.78. The fourth-order valence-electron chi connectivity index (χ4n) is 5.16. The molecule has 0 bridgehead atoms. The topological polar surface area (TPSA) is 162 Å². The summed E-state index contributed by atoms with van der Waals surface area (Å²) in [5.74, 6) is -4.01. The van der Waals surface area contributed by atoms with Crippen LogP contribution in [0.25, 0.3) is 0 Å². The van der Waals surface area contributed by atoms with Crippen molar-refractivity contribution in [3.8, 4) is 0 Å². The molecule has 0 radical (unpaired) electrons. The molecular weight excluding hydrogens is 472 g/mol. The molecule has 12 nitrogen and oxygen atoms in total. The standard InChI is InChI=1S/C24H44N4O8/c1-5-17-9-26(14-22(31)32)19(7-3)11-28(16-24(35)36)20(8-4)12-27(15-23(33)34)18(6-2)10-25(17)13-21(29)30/h17-20H,5-16H2,1-4H3,(H,29,30)(H,31,32)(H,33,34)(H,35,36)/t17-,18-,19-,20-/m0/s1. The van der Waals surface area contributed by atoms with Gasteiger partial charge in [0.2, 0.25) is 0 Å². The number of aliphatic carboxylic acids is 4. The molecule has 1 saturated heterocycles. The van der Waals surface area contributed by atoms with Gasteiger partial charge in [-0.2, -0.15) is 0 Å². The van der Waals surface area contributed by atoms with Gasteiger partial charge in [-0.25, -0.2) is 0 Å². The third kappa shape index (κ3) is 10.4. The molecule has 0 amide bonds. The molecule has 12 heteroatoms. The van der Waals surface area contributed by atoms with Crippen molar-refractivity contribution in [1.82, 2.24) is 19.6 Å². The zero-order valence-corrected chi connectivity index (χ0v) is 22.0. The van der Waals surface area contributed by atoms with E-state index in [1.165, 1.54) is 0 Å². The maximum Gasteiger partial charge on any atom is 0.317 e. The van der Waals surface area contributed by atoms with Gasteiger partial charge in [0.1, 0.15) is 0 Å². The highest BCUT2D eigenvalue weighted by Gasteiger charge is 2.34. The molecule has 208 valence electrons. The summed E-state index contributed by atoms with van der Waals surface area (Å²) >= 11 is 0. The molecule has 0 aromatic rings. The van der Waals surface area contributed by atoms with Gasteiger partial charge >= 0.3 is 23.9 Å². The minimum Gasteiger partial charge on any atom is -0.480 e. The first-order valence-corrected chi connectivity index (χ1v) is 12.8. The fraction of sp³-hybridized carbons (Fsp3) is 0.833. The van der Waals surface area contributed by atoms with E-state index in [-0.39, 0.29) is 50.3 Å². The Hall–Kier alpha value is -2.28. The van der Waals surface area contributed by atoms with Gasteiger partial charge in [-0.05, 0) is 25.7 Å². The monoisotopic (exact) mass is 516 g/mol. The quantitative estimate of drug-likeness (QED) is 0.287. The highest BCUT2D eigenvalue weighted by atomic mass is 16.4. The van der Waals surface area contributed by atoms with Gasteiger partial charge in [0.05, 0.1) is 26.2 Å². The molecule has 0 aliphatic carbocycles. The average molecular weight is 517 g/mol. The second kappa shape index (κ2) is 15.7. The second-order valence-electron chi connectivity index (χ2n) is 9.54. The lowest BCUT2D eigenvalue weighted by molar-refractivity contribution is -0.144. The van der Waals surface area contributed by atoms with E-state index < -0.39 is 23.9 Å². The first kappa shape index (κ1) is 31.7. The van der Waals surface area contributed by atoms with Crippen molar-refractivity contribution in [2.45, 2.75) is 77.5 Å². The molecule has 0 saturated carbocycles. The molecule has 0 unspecified atom stereocenters. The SMILES string of the molecule is CC[C@H]1CN(CC(=O)O)[C@@H](CC)CN(CC(=O)O)[C@@H](CC)CN(CC(=O)O)[C@@H](CC)CN1CC(=O)O. The molecular formula is C24H44N4O8. The van der Waals surface area contributed by atoms with Crippen molar-refractivity contribution < 1.29 is 39.6 Å². The molecule has 36 heavy (non-hydrogen) atoms. The minimum atomic E-state index is -1.00. The van der Waals surface area contributed by atoms with Gasteiger partial charge in [0.25, 0.3) is 0 Å². The Labute approximate surface area is 213 Å². The van der Waals surface area contributed by atoms with Crippen molar-refractivity contribution in [2.24, 2.45) is 0 Å². The van der Waals surface area contributed by atoms with Gasteiger partial charge in [-0.15, -0.1) is 0 Å². The number of rotatable bonds is 12. The van der Waals surface area contributed by atoms with Crippen molar-refractivity contribution >= 4 is 23.9 Å². The maximum absolute atomic E-state index is 11.8. The lowest BCUT2D eigenvalue weighted by Crippen LogP contribution is -2.59. The summed E-state index contributed by atoms with van der Waals surface area (Å²) in [6.45, 7) is 7.96. The van der Waals surface area contributed by atoms with Gasteiger partial charge in [-0.1, -0.05) is 27.7 Å². The lowest BCUT2D eigenvalue weighted by Gasteiger charge is -2.45. The van der Waals surface area contributed by atoms with Crippen LogP contribution < -0.4 is 0 Å². The van der Waals surface area contributed by atoms with Crippen LogP contribution in [-0.2, 0) is 19.2 Å². The number of nitrogens with zero attached hydrogens (tertiary/aromatic N) is 4. The number of hydrogen-bond donors (Lipinski definition) is 4. The van der Waals surface area contributed by atoms with Crippen LogP contribution in [0.5, 0.6) is 0 Å². The van der Waals surface area contributed by atoms with Gasteiger partial charge in [0, 0.05) is 50.3 Å². The van der Waals surface area contributed by atoms with Crippen LogP contribution >= 0.6 is 0 Å². The first-order valence-electron chi connectivity index (χ1n) is 12.8. The highest BCUT2D eigenvalue weighted by Crippen LogP contribution is 2.20. The second-order valence-corrected chi connectivity index (χ2v) is 9.54. The summed E-state index contributed by atoms with van der Waals surface area (Å²) in [5.41, 5.74) is 0. The first-order chi connectivity index (χ1) is 16.9. The Morgan fingerprint density at radius 2 is 0.639 bits per heavy atom. The van der Waals surface area contributed by atoms with Crippen molar-refractivity contribution in [1.29, 1.82) is 0 Å². The summed E-state index contributed by atoms with van der Waals surface area (Å²) in [5, 5.41) is 38.5. The van der Waals surface area contributed by atoms with Crippen LogP contribution in [0.3, 0.4) is 0 Å². The number of carbonyl (C=O) groups is 4. The molecule has 1 aliphatic heterocycles. The molecule has 0 aromatic heterocycles. The van der Waals surface area contributed by atoms with Gasteiger partial charge in [0.15, 0.2) is 0 Å². The normalized spacial score (nSPS) is 26.1. The van der Waals surface area contributed by atoms with Crippen molar-refractivity contribution in [3.05, 3.63) is 0 Å². The zero-order chi connectivity index (χ0) is 27.4. The Morgan fingerprint density at radius 3 is 0.750 bits per heavy atom. The minimum absolute atomic E-state index is 0.240. The van der Waals surface area contributed by atoms with Gasteiger partial charge in [-0.3, -0.25) is 38.8 Å². The molecule has 0 aromatic carbocycles. The van der Waals surface area contributed by atoms with E-state index in [9.17, 15) is 39.6 Å². The maximum atomic E-state index is 11.8. The summed E-state index contributed by atoms with van der Waals surface area (Å²) in [6, 6.07) is -1.09. The van der Waals surface area contributed by atoms with Crippen molar-refractivity contribution in [2.75, 3.05) is 52.4 Å². The Balaban J connectivity index is 3.62. The van der Waals surface area contributed by atoms with E-state index in [1.54, 1.807) is 0 Å². The number of hydrogen-bond acceptors (Lipinski definition) is 8. The summed E-state index contributed by atoms with van der Waals surface area (Å²) in [6.07, 6.45) is 2.30. The van der Waals surface area contributed by atoms with E-state index in [0.29, 0.717) is 51.9 Å². The molecule has 1 rings (SSSR count). The molecule has 1 aliphatic rings. The largest absolute Gasteiger partial charge is 0.480 e. The van der Waals surface area contributed by atoms with Crippen LogP contribution in [0.15, 0.2) is 0 Å². The Kier molecular flexibility index (Phi) is 13.9. The fourth-order valence-corrected chi connectivity index (χ4v) is 5.16. The lowest BCUT2D eigenvalue weighted by atomic mass is 10.0. The van der Waals surface area contributed by atoms with E-state index in [0.717, 1.165) is 0 Å². The molecule has 4 atom stereocenters. The summed E-state index contributed by atoms with van der Waals surface area (Å²) in [4.78, 5) is 54.3. The number of carboxylic acids is 4. The summed E-state index contributed by atoms with van der Waals surface area (Å²) < 4.78 is 0. The Bertz CT molecular complexity index is 617. The van der Waals surface area contributed by atoms with Crippen LogP contribution in [0, 0.1) is 0 Å². The molecule has 4 N–H and O–H groups in total. The smallest absolute Gasteiger partial charge is 0.317 e. The summed E-state index contributed by atoms with van der Waals surface area (Å²) in [7, 11) is 0. The number of carboxylic acid groups (broad SMARTS) is 4. The van der Waals surface area contributed by atoms with E-state index in [4.69, 9.17) is 0 Å². The predicted molar refractivity (Wildman–Crippen MR) is 133 cm³/mol. The predicted octanol–water partition coefficient (Wildman–Crippen LogP) is 0.661. The Morgan fingerprint density at radius 1 is 0.472 bits per heavy atom. The van der Waals surface area contributed by atoms with Crippen molar-refractivity contribution in [3.63, 3.8) is 0 Å². The van der Waals surface area contributed by atoms with Crippen LogP contribution in [0.1, 0.15) is 53.4 Å². The highest BCUT2D eigenvalue weighted by molar-refractivity contribution is 5.70.